The van der Waals surface area contributed by atoms with Gasteiger partial charge in [0.05, 0.1) is 12.7 Å². The summed E-state index contributed by atoms with van der Waals surface area (Å²) in [5.41, 5.74) is -0.747. The van der Waals surface area contributed by atoms with Crippen molar-refractivity contribution in [1.82, 2.24) is 10.2 Å². The van der Waals surface area contributed by atoms with Crippen molar-refractivity contribution in [3.63, 3.8) is 0 Å². The fourth-order valence-electron chi connectivity index (χ4n) is 3.73. The molecule has 2 fully saturated rings. The molecule has 0 aromatic carbocycles. The minimum absolute atomic E-state index is 0.244. The Morgan fingerprint density at radius 3 is 2.90 bits per heavy atom. The number of hydrogen-bond donors (Lipinski definition) is 2. The van der Waals surface area contributed by atoms with E-state index in [1.165, 1.54) is 0 Å². The molecule has 0 amide bonds. The van der Waals surface area contributed by atoms with Gasteiger partial charge in [0.1, 0.15) is 5.54 Å². The predicted molar refractivity (Wildman–Crippen MR) is 77.9 cm³/mol. The Morgan fingerprint density at radius 1 is 1.55 bits per heavy atom. The van der Waals surface area contributed by atoms with Gasteiger partial charge in [0, 0.05) is 18.6 Å². The highest BCUT2D eigenvalue weighted by Crippen LogP contribution is 2.34. The van der Waals surface area contributed by atoms with Crippen LogP contribution in [0.15, 0.2) is 0 Å². The summed E-state index contributed by atoms with van der Waals surface area (Å²) >= 11 is 0. The molecule has 0 spiro atoms. The summed E-state index contributed by atoms with van der Waals surface area (Å²) in [4.78, 5) is 14.1. The van der Waals surface area contributed by atoms with Gasteiger partial charge in [-0.3, -0.25) is 9.69 Å². The molecule has 2 aliphatic rings. The summed E-state index contributed by atoms with van der Waals surface area (Å²) in [6, 6.07) is 0.779. The summed E-state index contributed by atoms with van der Waals surface area (Å²) in [5.74, 6) is -0.709. The number of morpholine rings is 1. The minimum Gasteiger partial charge on any atom is -0.480 e. The lowest BCUT2D eigenvalue weighted by Crippen LogP contribution is -2.61. The highest BCUT2D eigenvalue weighted by atomic mass is 16.5. The smallest absolute Gasteiger partial charge is 0.323 e. The van der Waals surface area contributed by atoms with Crippen LogP contribution < -0.4 is 5.32 Å². The van der Waals surface area contributed by atoms with E-state index in [4.69, 9.17) is 4.74 Å². The van der Waals surface area contributed by atoms with Crippen LogP contribution in [-0.2, 0) is 9.53 Å². The summed E-state index contributed by atoms with van der Waals surface area (Å²) in [5, 5.41) is 12.6. The second-order valence-corrected chi connectivity index (χ2v) is 6.29. The number of nitrogens with zero attached hydrogens (tertiary/aromatic N) is 1. The molecule has 5 nitrogen and oxygen atoms in total. The van der Waals surface area contributed by atoms with Crippen molar-refractivity contribution >= 4 is 5.97 Å². The van der Waals surface area contributed by atoms with Crippen molar-refractivity contribution in [2.75, 3.05) is 20.2 Å². The SMILES string of the molecule is CCC1COC(C)CN1C1CCCC(NC)(C(=O)O)C1. The van der Waals surface area contributed by atoms with Gasteiger partial charge >= 0.3 is 5.97 Å². The van der Waals surface area contributed by atoms with Gasteiger partial charge in [-0.05, 0) is 46.1 Å². The van der Waals surface area contributed by atoms with E-state index in [1.807, 2.05) is 0 Å². The zero-order chi connectivity index (χ0) is 14.8. The van der Waals surface area contributed by atoms with Gasteiger partial charge < -0.3 is 15.2 Å². The van der Waals surface area contributed by atoms with Crippen LogP contribution >= 0.6 is 0 Å². The highest BCUT2D eigenvalue weighted by molar-refractivity contribution is 5.79. The molecule has 1 heterocycles. The van der Waals surface area contributed by atoms with Crippen LogP contribution in [0, 0.1) is 0 Å². The summed E-state index contributed by atoms with van der Waals surface area (Å²) in [6.07, 6.45) is 4.80. The number of carboxylic acids is 1. The molecule has 20 heavy (non-hydrogen) atoms. The van der Waals surface area contributed by atoms with Crippen molar-refractivity contribution in [1.29, 1.82) is 0 Å². The third kappa shape index (κ3) is 3.00. The average Bonchev–Trinajstić information content (AvgIpc) is 2.47. The maximum atomic E-state index is 11.6. The highest BCUT2D eigenvalue weighted by Gasteiger charge is 2.44. The molecule has 5 heteroatoms. The van der Waals surface area contributed by atoms with E-state index in [-0.39, 0.29) is 6.10 Å². The lowest BCUT2D eigenvalue weighted by Gasteiger charge is -2.48. The normalized spacial score (nSPS) is 39.6. The van der Waals surface area contributed by atoms with E-state index in [0.717, 1.165) is 38.8 Å². The standard InChI is InChI=1S/C15H28N2O3/c1-4-12-10-20-11(2)9-17(12)13-6-5-7-15(8-13,16-3)14(18)19/h11-13,16H,4-10H2,1-3H3,(H,18,19). The largest absolute Gasteiger partial charge is 0.480 e. The third-order valence-corrected chi connectivity index (χ3v) is 5.06. The van der Waals surface area contributed by atoms with Gasteiger partial charge in [-0.15, -0.1) is 0 Å². The first-order chi connectivity index (χ1) is 9.52. The number of carboxylic acid groups (broad SMARTS) is 1. The van der Waals surface area contributed by atoms with E-state index < -0.39 is 11.5 Å². The Bertz CT molecular complexity index is 350. The number of hydrogen-bond acceptors (Lipinski definition) is 4. The maximum Gasteiger partial charge on any atom is 0.323 e. The molecule has 2 N–H and O–H groups in total. The Kier molecular flexibility index (Phi) is 5.04. The molecule has 4 unspecified atom stereocenters. The van der Waals surface area contributed by atoms with Gasteiger partial charge in [-0.25, -0.2) is 0 Å². The van der Waals surface area contributed by atoms with Crippen molar-refractivity contribution in [2.45, 2.75) is 69.7 Å². The number of ether oxygens (including phenoxy) is 1. The molecular formula is C15H28N2O3. The average molecular weight is 284 g/mol. The summed E-state index contributed by atoms with van der Waals surface area (Å²) in [6.45, 7) is 5.98. The van der Waals surface area contributed by atoms with Crippen LogP contribution in [0.1, 0.15) is 46.0 Å². The number of carbonyl (C=O) groups is 1. The molecule has 2 rings (SSSR count). The van der Waals surface area contributed by atoms with Gasteiger partial charge in [0.15, 0.2) is 0 Å². The number of nitrogens with one attached hydrogen (secondary N) is 1. The Hall–Kier alpha value is -0.650. The predicted octanol–water partition coefficient (Wildman–Crippen LogP) is 1.47. The van der Waals surface area contributed by atoms with E-state index in [2.05, 4.69) is 24.1 Å². The van der Waals surface area contributed by atoms with Gasteiger partial charge in [-0.2, -0.15) is 0 Å². The zero-order valence-corrected chi connectivity index (χ0v) is 12.9. The first-order valence-corrected chi connectivity index (χ1v) is 7.82. The molecule has 1 aliphatic carbocycles. The second-order valence-electron chi connectivity index (χ2n) is 6.29. The van der Waals surface area contributed by atoms with Crippen molar-refractivity contribution in [3.05, 3.63) is 0 Å². The number of likely N-dealkylation sites (N-methyl/N-ethyl adjacent to an activating group) is 1. The third-order valence-electron chi connectivity index (χ3n) is 5.06. The van der Waals surface area contributed by atoms with Gasteiger partial charge in [0.2, 0.25) is 0 Å². The van der Waals surface area contributed by atoms with E-state index in [9.17, 15) is 9.90 Å². The van der Waals surface area contributed by atoms with Crippen LogP contribution in [-0.4, -0.2) is 59.9 Å². The van der Waals surface area contributed by atoms with Crippen LogP contribution in [0.4, 0.5) is 0 Å². The molecule has 1 saturated carbocycles. The van der Waals surface area contributed by atoms with Gasteiger partial charge in [-0.1, -0.05) is 6.92 Å². The lowest BCUT2D eigenvalue weighted by atomic mass is 9.78. The maximum absolute atomic E-state index is 11.6. The van der Waals surface area contributed by atoms with Crippen LogP contribution in [0.25, 0.3) is 0 Å². The van der Waals surface area contributed by atoms with E-state index in [0.29, 0.717) is 18.5 Å². The second kappa shape index (κ2) is 6.41. The Labute approximate surface area is 121 Å². The van der Waals surface area contributed by atoms with Gasteiger partial charge in [0.25, 0.3) is 0 Å². The Balaban J connectivity index is 2.12. The zero-order valence-electron chi connectivity index (χ0n) is 12.9. The number of rotatable bonds is 4. The number of aliphatic carboxylic acids is 1. The van der Waals surface area contributed by atoms with E-state index in [1.54, 1.807) is 7.05 Å². The van der Waals surface area contributed by atoms with Crippen LogP contribution in [0.5, 0.6) is 0 Å². The van der Waals surface area contributed by atoms with Crippen molar-refractivity contribution in [2.24, 2.45) is 0 Å². The molecule has 4 atom stereocenters. The lowest BCUT2D eigenvalue weighted by molar-refractivity contribution is -0.148. The van der Waals surface area contributed by atoms with Crippen LogP contribution in [0.3, 0.4) is 0 Å². The molecule has 0 bridgehead atoms. The first kappa shape index (κ1) is 15.7. The molecule has 0 aromatic rings. The summed E-state index contributed by atoms with van der Waals surface area (Å²) in [7, 11) is 1.77. The molecule has 0 radical (unpaired) electrons. The topological polar surface area (TPSA) is 61.8 Å². The van der Waals surface area contributed by atoms with Crippen molar-refractivity contribution in [3.8, 4) is 0 Å². The van der Waals surface area contributed by atoms with Crippen LogP contribution in [0.2, 0.25) is 0 Å². The molecule has 1 aliphatic heterocycles. The molecule has 116 valence electrons. The minimum atomic E-state index is -0.747. The summed E-state index contributed by atoms with van der Waals surface area (Å²) < 4.78 is 5.75. The van der Waals surface area contributed by atoms with Crippen molar-refractivity contribution < 1.29 is 14.6 Å². The molecule has 1 saturated heterocycles. The Morgan fingerprint density at radius 2 is 2.30 bits per heavy atom. The molecular weight excluding hydrogens is 256 g/mol. The molecule has 0 aromatic heterocycles. The quantitative estimate of drug-likeness (QED) is 0.818. The van der Waals surface area contributed by atoms with E-state index >= 15 is 0 Å². The monoisotopic (exact) mass is 284 g/mol. The fraction of sp³-hybridized carbons (Fsp3) is 0.933. The fourth-order valence-corrected chi connectivity index (χ4v) is 3.73. The first-order valence-electron chi connectivity index (χ1n) is 7.82.